The number of para-hydroxylation sites is 1. The molecule has 2 rings (SSSR count). The van der Waals surface area contributed by atoms with Crippen LogP contribution in [0.1, 0.15) is 10.4 Å². The van der Waals surface area contributed by atoms with E-state index in [1.54, 1.807) is 12.1 Å². The Balaban J connectivity index is 2.28. The van der Waals surface area contributed by atoms with Gasteiger partial charge in [0.25, 0.3) is 5.91 Å². The fourth-order valence-corrected chi connectivity index (χ4v) is 2.10. The lowest BCUT2D eigenvalue weighted by molar-refractivity contribution is 0.102. The second-order valence-corrected chi connectivity index (χ2v) is 4.79. The Kier molecular flexibility index (Phi) is 4.24. The van der Waals surface area contributed by atoms with Crippen molar-refractivity contribution >= 4 is 27.5 Å². The molecule has 0 heterocycles. The van der Waals surface area contributed by atoms with E-state index in [2.05, 4.69) is 21.2 Å². The maximum Gasteiger partial charge on any atom is 0.259 e. The molecule has 0 aliphatic carbocycles. The first kappa shape index (κ1) is 14.3. The number of anilines is 1. The maximum atomic E-state index is 13.0. The van der Waals surface area contributed by atoms with E-state index in [1.165, 1.54) is 31.4 Å². The number of benzene rings is 2. The van der Waals surface area contributed by atoms with E-state index in [1.807, 2.05) is 0 Å². The van der Waals surface area contributed by atoms with Crippen molar-refractivity contribution in [3.8, 4) is 11.5 Å². The maximum absolute atomic E-state index is 13.0. The Labute approximate surface area is 123 Å². The van der Waals surface area contributed by atoms with Gasteiger partial charge in [-0.1, -0.05) is 6.07 Å². The molecule has 104 valence electrons. The SMILES string of the molecule is COc1cccc(C(=O)Nc2ccc(F)cc2Br)c1O. The van der Waals surface area contributed by atoms with Crippen LogP contribution in [0, 0.1) is 5.82 Å². The normalized spacial score (nSPS) is 10.2. The van der Waals surface area contributed by atoms with Crippen LogP contribution in [0.4, 0.5) is 10.1 Å². The van der Waals surface area contributed by atoms with Crippen molar-refractivity contribution in [1.82, 2.24) is 0 Å². The van der Waals surface area contributed by atoms with Crippen LogP contribution in [0.3, 0.4) is 0 Å². The molecule has 0 unspecified atom stereocenters. The topological polar surface area (TPSA) is 58.6 Å². The molecule has 0 radical (unpaired) electrons. The van der Waals surface area contributed by atoms with Crippen LogP contribution < -0.4 is 10.1 Å². The summed E-state index contributed by atoms with van der Waals surface area (Å²) in [5, 5.41) is 12.5. The molecular formula is C14H11BrFNO3. The summed E-state index contributed by atoms with van der Waals surface area (Å²) >= 11 is 3.15. The van der Waals surface area contributed by atoms with E-state index in [0.29, 0.717) is 10.2 Å². The van der Waals surface area contributed by atoms with E-state index in [4.69, 9.17) is 4.74 Å². The van der Waals surface area contributed by atoms with Crippen molar-refractivity contribution < 1.29 is 19.0 Å². The summed E-state index contributed by atoms with van der Waals surface area (Å²) in [7, 11) is 1.40. The van der Waals surface area contributed by atoms with Gasteiger partial charge in [-0.15, -0.1) is 0 Å². The van der Waals surface area contributed by atoms with Crippen LogP contribution in [-0.2, 0) is 0 Å². The summed E-state index contributed by atoms with van der Waals surface area (Å²) in [6.07, 6.45) is 0. The molecule has 0 saturated carbocycles. The number of nitrogens with one attached hydrogen (secondary N) is 1. The number of methoxy groups -OCH3 is 1. The predicted octanol–water partition coefficient (Wildman–Crippen LogP) is 3.55. The van der Waals surface area contributed by atoms with Gasteiger partial charge in [0.2, 0.25) is 0 Å². The van der Waals surface area contributed by atoms with Gasteiger partial charge in [0.15, 0.2) is 11.5 Å². The Morgan fingerprint density at radius 1 is 1.35 bits per heavy atom. The molecular weight excluding hydrogens is 329 g/mol. The van der Waals surface area contributed by atoms with Crippen LogP contribution >= 0.6 is 15.9 Å². The highest BCUT2D eigenvalue weighted by Crippen LogP contribution is 2.30. The van der Waals surface area contributed by atoms with Crippen molar-refractivity contribution in [1.29, 1.82) is 0 Å². The number of amides is 1. The number of aromatic hydroxyl groups is 1. The fraction of sp³-hybridized carbons (Fsp3) is 0.0714. The van der Waals surface area contributed by atoms with Crippen LogP contribution in [0.2, 0.25) is 0 Å². The summed E-state index contributed by atoms with van der Waals surface area (Å²) in [5.41, 5.74) is 0.471. The number of carbonyl (C=O) groups is 1. The predicted molar refractivity (Wildman–Crippen MR) is 76.7 cm³/mol. The van der Waals surface area contributed by atoms with Gasteiger partial charge in [0.1, 0.15) is 5.82 Å². The molecule has 0 atom stereocenters. The third-order valence-corrected chi connectivity index (χ3v) is 3.30. The molecule has 2 aromatic rings. The van der Waals surface area contributed by atoms with E-state index >= 15 is 0 Å². The smallest absolute Gasteiger partial charge is 0.259 e. The molecule has 0 fully saturated rings. The zero-order valence-corrected chi connectivity index (χ0v) is 12.1. The molecule has 0 bridgehead atoms. The van der Waals surface area contributed by atoms with Gasteiger partial charge >= 0.3 is 0 Å². The second kappa shape index (κ2) is 5.92. The lowest BCUT2D eigenvalue weighted by atomic mass is 10.1. The minimum atomic E-state index is -0.520. The highest BCUT2D eigenvalue weighted by Gasteiger charge is 2.15. The minimum Gasteiger partial charge on any atom is -0.504 e. The zero-order chi connectivity index (χ0) is 14.7. The average molecular weight is 340 g/mol. The summed E-state index contributed by atoms with van der Waals surface area (Å²) in [4.78, 5) is 12.1. The van der Waals surface area contributed by atoms with Crippen molar-refractivity contribution in [3.05, 3.63) is 52.3 Å². The van der Waals surface area contributed by atoms with Crippen LogP contribution in [0.15, 0.2) is 40.9 Å². The highest BCUT2D eigenvalue weighted by atomic mass is 79.9. The minimum absolute atomic E-state index is 0.0700. The van der Waals surface area contributed by atoms with E-state index in [-0.39, 0.29) is 17.1 Å². The lowest BCUT2D eigenvalue weighted by Crippen LogP contribution is -2.12. The van der Waals surface area contributed by atoms with E-state index in [9.17, 15) is 14.3 Å². The summed E-state index contributed by atoms with van der Waals surface area (Å²) in [5.74, 6) is -0.977. The van der Waals surface area contributed by atoms with Crippen LogP contribution in [0.5, 0.6) is 11.5 Å². The molecule has 1 amide bonds. The fourth-order valence-electron chi connectivity index (χ4n) is 1.65. The van der Waals surface area contributed by atoms with Crippen molar-refractivity contribution in [3.63, 3.8) is 0 Å². The van der Waals surface area contributed by atoms with Gasteiger partial charge in [-0.3, -0.25) is 4.79 Å². The third-order valence-electron chi connectivity index (χ3n) is 2.64. The molecule has 2 N–H and O–H groups in total. The van der Waals surface area contributed by atoms with E-state index in [0.717, 1.165) is 0 Å². The summed E-state index contributed by atoms with van der Waals surface area (Å²) < 4.78 is 18.3. The molecule has 2 aromatic carbocycles. The van der Waals surface area contributed by atoms with Gasteiger partial charge in [-0.05, 0) is 46.3 Å². The molecule has 20 heavy (non-hydrogen) atoms. The number of carbonyl (C=O) groups excluding carboxylic acids is 1. The second-order valence-electron chi connectivity index (χ2n) is 3.93. The van der Waals surface area contributed by atoms with Gasteiger partial charge in [-0.2, -0.15) is 0 Å². The molecule has 0 saturated heterocycles. The number of hydrogen-bond donors (Lipinski definition) is 2. The van der Waals surface area contributed by atoms with Gasteiger partial charge in [0, 0.05) is 4.47 Å². The molecule has 0 aliphatic heterocycles. The summed E-state index contributed by atoms with van der Waals surface area (Å²) in [6, 6.07) is 8.49. The van der Waals surface area contributed by atoms with E-state index < -0.39 is 11.7 Å². The number of ether oxygens (including phenoxy) is 1. The number of phenolic OH excluding ortho intramolecular Hbond substituents is 1. The standard InChI is InChI=1S/C14H11BrFNO3/c1-20-12-4-2-3-9(13(12)18)14(19)17-11-6-5-8(16)7-10(11)15/h2-7,18H,1H3,(H,17,19). The van der Waals surface area contributed by atoms with Gasteiger partial charge in [0.05, 0.1) is 18.4 Å². The summed E-state index contributed by atoms with van der Waals surface area (Å²) in [6.45, 7) is 0. The third kappa shape index (κ3) is 2.91. The Hall–Kier alpha value is -2.08. The Morgan fingerprint density at radius 2 is 2.10 bits per heavy atom. The highest BCUT2D eigenvalue weighted by molar-refractivity contribution is 9.10. The Bertz CT molecular complexity index is 661. The number of halogens is 2. The van der Waals surface area contributed by atoms with Crippen molar-refractivity contribution in [2.75, 3.05) is 12.4 Å². The average Bonchev–Trinajstić information content (AvgIpc) is 2.42. The van der Waals surface area contributed by atoms with Crippen LogP contribution in [0.25, 0.3) is 0 Å². The molecule has 0 aromatic heterocycles. The van der Waals surface area contributed by atoms with Crippen molar-refractivity contribution in [2.45, 2.75) is 0 Å². The molecule has 4 nitrogen and oxygen atoms in total. The van der Waals surface area contributed by atoms with Crippen LogP contribution in [-0.4, -0.2) is 18.1 Å². The molecule has 0 spiro atoms. The monoisotopic (exact) mass is 339 g/mol. The first-order valence-electron chi connectivity index (χ1n) is 5.65. The largest absolute Gasteiger partial charge is 0.504 e. The Morgan fingerprint density at radius 3 is 2.75 bits per heavy atom. The number of phenols is 1. The lowest BCUT2D eigenvalue weighted by Gasteiger charge is -2.10. The van der Waals surface area contributed by atoms with Gasteiger partial charge in [-0.25, -0.2) is 4.39 Å². The molecule has 0 aliphatic rings. The van der Waals surface area contributed by atoms with Gasteiger partial charge < -0.3 is 15.2 Å². The number of rotatable bonds is 3. The quantitative estimate of drug-likeness (QED) is 0.898. The molecule has 6 heteroatoms. The van der Waals surface area contributed by atoms with Crippen molar-refractivity contribution in [2.24, 2.45) is 0 Å². The zero-order valence-electron chi connectivity index (χ0n) is 10.5. The first-order chi connectivity index (χ1) is 9.52. The number of hydrogen-bond acceptors (Lipinski definition) is 3. The first-order valence-corrected chi connectivity index (χ1v) is 6.44.